The molecule has 0 N–H and O–H groups in total. The smallest absolute Gasteiger partial charge is 0.302 e. The van der Waals surface area contributed by atoms with Crippen LogP contribution in [0.15, 0.2) is 30.3 Å². The summed E-state index contributed by atoms with van der Waals surface area (Å²) in [6.45, 7) is 2.59. The maximum absolute atomic E-state index is 10.8. The highest BCUT2D eigenvalue weighted by atomic mass is 79.9. The molecule has 0 heterocycles. The zero-order valence-corrected chi connectivity index (χ0v) is 11.5. The molecule has 0 spiro atoms. The number of hydrogen-bond donors (Lipinski definition) is 0. The van der Waals surface area contributed by atoms with Gasteiger partial charge in [-0.05, 0) is 5.56 Å². The summed E-state index contributed by atoms with van der Waals surface area (Å²) in [6.07, 6.45) is 0.598. The molecule has 0 bridgehead atoms. The highest BCUT2D eigenvalue weighted by Crippen LogP contribution is 2.06. The Morgan fingerprint density at radius 1 is 1.35 bits per heavy atom. The van der Waals surface area contributed by atoms with Gasteiger partial charge in [-0.2, -0.15) is 0 Å². The Hall–Kier alpha value is -0.870. The molecule has 1 aromatic carbocycles. The van der Waals surface area contributed by atoms with E-state index in [9.17, 15) is 4.79 Å². The van der Waals surface area contributed by atoms with Crippen LogP contribution in [0.3, 0.4) is 0 Å². The highest BCUT2D eigenvalue weighted by molar-refractivity contribution is 9.09. The summed E-state index contributed by atoms with van der Waals surface area (Å²) in [4.78, 5) is 10.8. The Labute approximate surface area is 110 Å². The number of rotatable bonds is 7. The summed E-state index contributed by atoms with van der Waals surface area (Å²) >= 11 is 3.31. The summed E-state index contributed by atoms with van der Waals surface area (Å²) in [5, 5.41) is 0.640. The maximum Gasteiger partial charge on any atom is 0.302 e. The van der Waals surface area contributed by atoms with E-state index in [0.717, 1.165) is 5.56 Å². The number of esters is 1. The summed E-state index contributed by atoms with van der Waals surface area (Å²) in [6, 6.07) is 9.99. The molecule has 94 valence electrons. The van der Waals surface area contributed by atoms with E-state index in [-0.39, 0.29) is 12.1 Å². The molecule has 0 saturated heterocycles. The van der Waals surface area contributed by atoms with Gasteiger partial charge in [-0.15, -0.1) is 0 Å². The van der Waals surface area contributed by atoms with E-state index >= 15 is 0 Å². The fourth-order valence-corrected chi connectivity index (χ4v) is 1.84. The lowest BCUT2D eigenvalue weighted by atomic mass is 10.2. The first-order valence-corrected chi connectivity index (χ1v) is 6.69. The third-order valence-corrected chi connectivity index (χ3v) is 2.92. The Kier molecular flexibility index (Phi) is 6.89. The zero-order valence-electron chi connectivity index (χ0n) is 9.90. The third-order valence-electron chi connectivity index (χ3n) is 2.20. The van der Waals surface area contributed by atoms with Gasteiger partial charge < -0.3 is 9.47 Å². The molecule has 0 aromatic heterocycles. The first-order valence-electron chi connectivity index (χ1n) is 5.57. The second-order valence-corrected chi connectivity index (χ2v) is 4.36. The molecule has 0 aliphatic carbocycles. The molecule has 0 saturated carbocycles. The quantitative estimate of drug-likeness (QED) is 0.441. The molecule has 0 amide bonds. The molecule has 1 aromatic rings. The van der Waals surface area contributed by atoms with Crippen LogP contribution in [0.1, 0.15) is 18.9 Å². The van der Waals surface area contributed by atoms with E-state index in [2.05, 4.69) is 15.9 Å². The number of alkyl halides is 1. The minimum Gasteiger partial charge on any atom is -0.462 e. The molecular formula is C13H17BrO3. The van der Waals surface area contributed by atoms with Crippen molar-refractivity contribution in [2.45, 2.75) is 26.1 Å². The van der Waals surface area contributed by atoms with Crippen LogP contribution in [0.25, 0.3) is 0 Å². The highest BCUT2D eigenvalue weighted by Gasteiger charge is 2.09. The van der Waals surface area contributed by atoms with Crippen LogP contribution in [-0.4, -0.2) is 24.0 Å². The van der Waals surface area contributed by atoms with Crippen molar-refractivity contribution in [2.24, 2.45) is 0 Å². The predicted molar refractivity (Wildman–Crippen MR) is 70.1 cm³/mol. The lowest BCUT2D eigenvalue weighted by molar-refractivity contribution is -0.145. The molecule has 0 aliphatic heterocycles. The van der Waals surface area contributed by atoms with Gasteiger partial charge in [0.05, 0.1) is 13.2 Å². The third kappa shape index (κ3) is 6.44. The second-order valence-electron chi connectivity index (χ2n) is 3.71. The van der Waals surface area contributed by atoms with Gasteiger partial charge in [-0.25, -0.2) is 0 Å². The standard InChI is InChI=1S/C13H17BrO3/c1-11(15)17-13(9-14)7-8-16-10-12-5-3-2-4-6-12/h2-6,13H,7-10H2,1H3/t13-/m0/s1. The molecule has 0 radical (unpaired) electrons. The molecule has 4 heteroatoms. The van der Waals surface area contributed by atoms with Gasteiger partial charge in [0.2, 0.25) is 0 Å². The van der Waals surface area contributed by atoms with Gasteiger partial charge in [-0.1, -0.05) is 46.3 Å². The van der Waals surface area contributed by atoms with E-state index in [1.165, 1.54) is 6.92 Å². The van der Waals surface area contributed by atoms with Crippen molar-refractivity contribution in [3.05, 3.63) is 35.9 Å². The van der Waals surface area contributed by atoms with Gasteiger partial charge in [0, 0.05) is 18.7 Å². The Morgan fingerprint density at radius 2 is 2.06 bits per heavy atom. The lowest BCUT2D eigenvalue weighted by Crippen LogP contribution is -2.19. The van der Waals surface area contributed by atoms with Crippen molar-refractivity contribution in [1.29, 1.82) is 0 Å². The first kappa shape index (κ1) is 14.2. The molecule has 0 aliphatic rings. The van der Waals surface area contributed by atoms with Crippen molar-refractivity contribution < 1.29 is 14.3 Å². The van der Waals surface area contributed by atoms with Gasteiger partial charge in [0.25, 0.3) is 0 Å². The van der Waals surface area contributed by atoms with E-state index in [1.807, 2.05) is 30.3 Å². The number of carbonyl (C=O) groups is 1. The number of benzene rings is 1. The van der Waals surface area contributed by atoms with Crippen molar-refractivity contribution in [3.8, 4) is 0 Å². The fourth-order valence-electron chi connectivity index (χ4n) is 1.38. The van der Waals surface area contributed by atoms with Crippen LogP contribution >= 0.6 is 15.9 Å². The van der Waals surface area contributed by atoms with Gasteiger partial charge in [-0.3, -0.25) is 4.79 Å². The van der Waals surface area contributed by atoms with Gasteiger partial charge in [0.15, 0.2) is 0 Å². The van der Waals surface area contributed by atoms with E-state index in [1.54, 1.807) is 0 Å². The van der Waals surface area contributed by atoms with Crippen LogP contribution in [0.4, 0.5) is 0 Å². The van der Waals surface area contributed by atoms with Crippen LogP contribution in [0, 0.1) is 0 Å². The van der Waals surface area contributed by atoms with Crippen LogP contribution in [0.5, 0.6) is 0 Å². The topological polar surface area (TPSA) is 35.5 Å². The SMILES string of the molecule is CC(=O)O[C@H](CBr)CCOCc1ccccc1. The van der Waals surface area contributed by atoms with E-state index < -0.39 is 0 Å². The minimum absolute atomic E-state index is 0.108. The van der Waals surface area contributed by atoms with E-state index in [4.69, 9.17) is 9.47 Å². The Morgan fingerprint density at radius 3 is 2.65 bits per heavy atom. The number of carbonyl (C=O) groups excluding carboxylic acids is 1. The molecule has 1 atom stereocenters. The summed E-state index contributed by atoms with van der Waals surface area (Å²) in [5.41, 5.74) is 1.15. The average molecular weight is 301 g/mol. The van der Waals surface area contributed by atoms with Crippen LogP contribution in [0.2, 0.25) is 0 Å². The summed E-state index contributed by atoms with van der Waals surface area (Å²) in [7, 11) is 0. The molecule has 0 unspecified atom stereocenters. The van der Waals surface area contributed by atoms with Gasteiger partial charge >= 0.3 is 5.97 Å². The molecular weight excluding hydrogens is 284 g/mol. The summed E-state index contributed by atoms with van der Waals surface area (Å²) in [5.74, 6) is -0.252. The molecule has 0 fully saturated rings. The zero-order chi connectivity index (χ0) is 12.5. The molecule has 1 rings (SSSR count). The first-order chi connectivity index (χ1) is 8.22. The monoisotopic (exact) mass is 300 g/mol. The predicted octanol–water partition coefficient (Wildman–Crippen LogP) is 2.92. The van der Waals surface area contributed by atoms with Gasteiger partial charge in [0.1, 0.15) is 6.10 Å². The largest absolute Gasteiger partial charge is 0.462 e. The minimum atomic E-state index is -0.252. The van der Waals surface area contributed by atoms with Crippen molar-refractivity contribution in [2.75, 3.05) is 11.9 Å². The Balaban J connectivity index is 2.16. The Bertz CT molecular complexity index is 327. The number of halogens is 1. The van der Waals surface area contributed by atoms with Crippen molar-refractivity contribution >= 4 is 21.9 Å². The fraction of sp³-hybridized carbons (Fsp3) is 0.462. The normalized spacial score (nSPS) is 12.1. The second kappa shape index (κ2) is 8.25. The van der Waals surface area contributed by atoms with Crippen LogP contribution in [-0.2, 0) is 20.9 Å². The number of hydrogen-bond acceptors (Lipinski definition) is 3. The number of ether oxygens (including phenoxy) is 2. The van der Waals surface area contributed by atoms with Crippen molar-refractivity contribution in [1.82, 2.24) is 0 Å². The molecule has 3 nitrogen and oxygen atoms in total. The lowest BCUT2D eigenvalue weighted by Gasteiger charge is -2.14. The maximum atomic E-state index is 10.8. The van der Waals surface area contributed by atoms with Crippen molar-refractivity contribution in [3.63, 3.8) is 0 Å². The average Bonchev–Trinajstić information content (AvgIpc) is 2.34. The van der Waals surface area contributed by atoms with Crippen LogP contribution < -0.4 is 0 Å². The molecule has 17 heavy (non-hydrogen) atoms. The summed E-state index contributed by atoms with van der Waals surface area (Å²) < 4.78 is 10.6. The van der Waals surface area contributed by atoms with E-state index in [0.29, 0.717) is 25.0 Å².